The predicted octanol–water partition coefficient (Wildman–Crippen LogP) is 4.19. The molecule has 24 heavy (non-hydrogen) atoms. The van der Waals surface area contributed by atoms with Crippen molar-refractivity contribution >= 4 is 11.4 Å². The molecule has 0 amide bonds. The molecule has 0 aliphatic rings. The average molecular weight is 322 g/mol. The van der Waals surface area contributed by atoms with Gasteiger partial charge in [-0.25, -0.2) is 0 Å². The van der Waals surface area contributed by atoms with Gasteiger partial charge in [0.1, 0.15) is 6.04 Å². The minimum Gasteiger partial charge on any atom is -0.374 e. The van der Waals surface area contributed by atoms with Crippen molar-refractivity contribution in [3.05, 3.63) is 71.9 Å². The maximum absolute atomic E-state index is 5.19. The van der Waals surface area contributed by atoms with Crippen molar-refractivity contribution in [2.75, 3.05) is 17.3 Å². The second-order valence-corrected chi connectivity index (χ2v) is 5.93. The number of hydrogen-bond acceptors (Lipinski definition) is 5. The van der Waals surface area contributed by atoms with Crippen LogP contribution in [0.15, 0.2) is 59.1 Å². The van der Waals surface area contributed by atoms with Crippen LogP contribution in [0.25, 0.3) is 0 Å². The maximum atomic E-state index is 5.19. The SMILES string of the molecule is Cc1noc(C(C)Nc2ccc(N(C)Cc3ccccc3)cc2)n1. The van der Waals surface area contributed by atoms with Gasteiger partial charge in [-0.05, 0) is 43.7 Å². The Kier molecular flexibility index (Phi) is 4.79. The first-order valence-corrected chi connectivity index (χ1v) is 8.03. The van der Waals surface area contributed by atoms with Crippen LogP contribution < -0.4 is 10.2 Å². The number of aryl methyl sites for hydroxylation is 1. The van der Waals surface area contributed by atoms with Gasteiger partial charge in [0.15, 0.2) is 5.82 Å². The van der Waals surface area contributed by atoms with Crippen LogP contribution in [0.2, 0.25) is 0 Å². The fourth-order valence-electron chi connectivity index (χ4n) is 2.56. The monoisotopic (exact) mass is 322 g/mol. The van der Waals surface area contributed by atoms with Gasteiger partial charge in [0.05, 0.1) is 0 Å². The lowest BCUT2D eigenvalue weighted by atomic mass is 10.2. The highest BCUT2D eigenvalue weighted by Crippen LogP contribution is 2.22. The summed E-state index contributed by atoms with van der Waals surface area (Å²) in [6.07, 6.45) is 0. The van der Waals surface area contributed by atoms with Crippen LogP contribution in [-0.2, 0) is 6.54 Å². The molecule has 0 saturated carbocycles. The van der Waals surface area contributed by atoms with Crippen LogP contribution in [0.4, 0.5) is 11.4 Å². The minimum atomic E-state index is -0.0286. The molecular weight excluding hydrogens is 300 g/mol. The van der Waals surface area contributed by atoms with E-state index in [1.54, 1.807) is 0 Å². The quantitative estimate of drug-likeness (QED) is 0.737. The molecule has 5 nitrogen and oxygen atoms in total. The van der Waals surface area contributed by atoms with E-state index in [4.69, 9.17) is 4.52 Å². The summed E-state index contributed by atoms with van der Waals surface area (Å²) < 4.78 is 5.19. The molecule has 1 heterocycles. The van der Waals surface area contributed by atoms with Crippen molar-refractivity contribution in [3.63, 3.8) is 0 Å². The minimum absolute atomic E-state index is 0.0286. The van der Waals surface area contributed by atoms with E-state index in [0.29, 0.717) is 11.7 Å². The molecule has 0 aliphatic carbocycles. The van der Waals surface area contributed by atoms with E-state index in [1.807, 2.05) is 19.9 Å². The fourth-order valence-corrected chi connectivity index (χ4v) is 2.56. The van der Waals surface area contributed by atoms with E-state index < -0.39 is 0 Å². The summed E-state index contributed by atoms with van der Waals surface area (Å²) >= 11 is 0. The third kappa shape index (κ3) is 3.93. The third-order valence-electron chi connectivity index (χ3n) is 3.87. The standard InChI is InChI=1S/C19H22N4O/c1-14(19-21-15(2)22-24-19)20-17-9-11-18(12-10-17)23(3)13-16-7-5-4-6-8-16/h4-12,14,20H,13H2,1-3H3. The van der Waals surface area contributed by atoms with Crippen LogP contribution in [0, 0.1) is 6.92 Å². The summed E-state index contributed by atoms with van der Waals surface area (Å²) in [6, 6.07) is 18.8. The zero-order valence-electron chi connectivity index (χ0n) is 14.2. The first kappa shape index (κ1) is 16.1. The molecular formula is C19H22N4O. The largest absolute Gasteiger partial charge is 0.374 e. The number of nitrogens with zero attached hydrogens (tertiary/aromatic N) is 3. The van der Waals surface area contributed by atoms with Crippen molar-refractivity contribution in [1.29, 1.82) is 0 Å². The maximum Gasteiger partial charge on any atom is 0.248 e. The van der Waals surface area contributed by atoms with Crippen LogP contribution in [0.1, 0.15) is 30.2 Å². The number of rotatable bonds is 6. The zero-order valence-corrected chi connectivity index (χ0v) is 14.2. The van der Waals surface area contributed by atoms with Gasteiger partial charge < -0.3 is 14.7 Å². The highest BCUT2D eigenvalue weighted by atomic mass is 16.5. The molecule has 0 radical (unpaired) electrons. The summed E-state index contributed by atoms with van der Waals surface area (Å²) in [5, 5.41) is 7.20. The van der Waals surface area contributed by atoms with Crippen molar-refractivity contribution in [3.8, 4) is 0 Å². The number of benzene rings is 2. The highest BCUT2D eigenvalue weighted by molar-refractivity contribution is 5.55. The third-order valence-corrected chi connectivity index (χ3v) is 3.87. The number of aromatic nitrogens is 2. The van der Waals surface area contributed by atoms with Gasteiger partial charge in [-0.1, -0.05) is 35.5 Å². The molecule has 1 unspecified atom stereocenters. The summed E-state index contributed by atoms with van der Waals surface area (Å²) in [5.74, 6) is 1.24. The topological polar surface area (TPSA) is 54.2 Å². The Balaban J connectivity index is 1.62. The average Bonchev–Trinajstić information content (AvgIpc) is 3.03. The fraction of sp³-hybridized carbons (Fsp3) is 0.263. The van der Waals surface area contributed by atoms with Crippen LogP contribution in [0.5, 0.6) is 0 Å². The summed E-state index contributed by atoms with van der Waals surface area (Å²) in [6.45, 7) is 4.70. The molecule has 2 aromatic carbocycles. The van der Waals surface area contributed by atoms with Crippen LogP contribution in [-0.4, -0.2) is 17.2 Å². The van der Waals surface area contributed by atoms with E-state index in [-0.39, 0.29) is 6.04 Å². The zero-order chi connectivity index (χ0) is 16.9. The van der Waals surface area contributed by atoms with Crippen LogP contribution >= 0.6 is 0 Å². The summed E-state index contributed by atoms with van der Waals surface area (Å²) in [5.41, 5.74) is 3.49. The Morgan fingerprint density at radius 1 is 1.08 bits per heavy atom. The van der Waals surface area contributed by atoms with Crippen molar-refractivity contribution < 1.29 is 4.52 Å². The number of anilines is 2. The molecule has 0 saturated heterocycles. The first-order chi connectivity index (χ1) is 11.6. The molecule has 3 aromatic rings. The van der Waals surface area contributed by atoms with Gasteiger partial charge in [-0.15, -0.1) is 0 Å². The van der Waals surface area contributed by atoms with E-state index in [2.05, 4.69) is 75.9 Å². The van der Waals surface area contributed by atoms with Gasteiger partial charge in [0, 0.05) is 25.0 Å². The summed E-state index contributed by atoms with van der Waals surface area (Å²) in [7, 11) is 2.10. The second kappa shape index (κ2) is 7.17. The van der Waals surface area contributed by atoms with Crippen molar-refractivity contribution in [2.24, 2.45) is 0 Å². The Hall–Kier alpha value is -2.82. The van der Waals surface area contributed by atoms with Gasteiger partial charge in [-0.2, -0.15) is 4.98 Å². The number of nitrogens with one attached hydrogen (secondary N) is 1. The molecule has 0 aliphatic heterocycles. The van der Waals surface area contributed by atoms with Gasteiger partial charge in [0.2, 0.25) is 5.89 Å². The molecule has 1 aromatic heterocycles. The molecule has 1 atom stereocenters. The smallest absolute Gasteiger partial charge is 0.248 e. The number of hydrogen-bond donors (Lipinski definition) is 1. The predicted molar refractivity (Wildman–Crippen MR) is 96.1 cm³/mol. The second-order valence-electron chi connectivity index (χ2n) is 5.93. The highest BCUT2D eigenvalue weighted by Gasteiger charge is 2.12. The van der Waals surface area contributed by atoms with Crippen molar-refractivity contribution in [2.45, 2.75) is 26.4 Å². The van der Waals surface area contributed by atoms with Gasteiger partial charge in [0.25, 0.3) is 0 Å². The Morgan fingerprint density at radius 3 is 2.42 bits per heavy atom. The van der Waals surface area contributed by atoms with Gasteiger partial charge >= 0.3 is 0 Å². The lowest BCUT2D eigenvalue weighted by Crippen LogP contribution is -2.16. The lowest BCUT2D eigenvalue weighted by molar-refractivity contribution is 0.364. The van der Waals surface area contributed by atoms with E-state index in [0.717, 1.165) is 12.2 Å². The van der Waals surface area contributed by atoms with E-state index in [9.17, 15) is 0 Å². The normalized spacial score (nSPS) is 12.0. The lowest BCUT2D eigenvalue weighted by Gasteiger charge is -2.20. The Labute approximate surface area is 142 Å². The molecule has 1 N–H and O–H groups in total. The summed E-state index contributed by atoms with van der Waals surface area (Å²) in [4.78, 5) is 6.48. The molecule has 5 heteroatoms. The van der Waals surface area contributed by atoms with E-state index in [1.165, 1.54) is 11.3 Å². The van der Waals surface area contributed by atoms with Crippen molar-refractivity contribution in [1.82, 2.24) is 10.1 Å². The molecule has 124 valence electrons. The molecule has 0 spiro atoms. The molecule has 0 bridgehead atoms. The molecule has 3 rings (SSSR count). The Morgan fingerprint density at radius 2 is 1.79 bits per heavy atom. The van der Waals surface area contributed by atoms with E-state index >= 15 is 0 Å². The first-order valence-electron chi connectivity index (χ1n) is 8.03. The Bertz CT molecular complexity index is 768. The molecule has 0 fully saturated rings. The van der Waals surface area contributed by atoms with Crippen LogP contribution in [0.3, 0.4) is 0 Å². The van der Waals surface area contributed by atoms with Gasteiger partial charge in [-0.3, -0.25) is 0 Å².